The summed E-state index contributed by atoms with van der Waals surface area (Å²) in [6.07, 6.45) is 3.52. The molecule has 0 bridgehead atoms. The summed E-state index contributed by atoms with van der Waals surface area (Å²) in [5.74, 6) is 0.338. The maximum Gasteiger partial charge on any atom is 0.115 e. The summed E-state index contributed by atoms with van der Waals surface area (Å²) in [7, 11) is 0. The molecule has 0 saturated carbocycles. The summed E-state index contributed by atoms with van der Waals surface area (Å²) in [5.41, 5.74) is 6.91. The molecule has 0 unspecified atom stereocenters. The van der Waals surface area contributed by atoms with Crippen LogP contribution in [0.1, 0.15) is 66.4 Å². The molecule has 0 spiro atoms. The van der Waals surface area contributed by atoms with Gasteiger partial charge in [-0.3, -0.25) is 0 Å². The van der Waals surface area contributed by atoms with E-state index in [0.29, 0.717) is 11.2 Å². The van der Waals surface area contributed by atoms with Crippen LogP contribution in [0.3, 0.4) is 0 Å². The number of benzene rings is 1. The largest absolute Gasteiger partial charge is 0.508 e. The first-order chi connectivity index (χ1) is 9.12. The van der Waals surface area contributed by atoms with Gasteiger partial charge in [-0.25, -0.2) is 0 Å². The fourth-order valence-electron chi connectivity index (χ4n) is 2.54. The molecule has 1 rings (SSSR count). The van der Waals surface area contributed by atoms with Crippen LogP contribution in [0, 0.1) is 5.41 Å². The molecule has 0 amide bonds. The summed E-state index contributed by atoms with van der Waals surface area (Å²) >= 11 is 0. The number of rotatable bonds is 4. The van der Waals surface area contributed by atoms with Crippen LogP contribution in [0.25, 0.3) is 0 Å². The maximum atomic E-state index is 9.25. The van der Waals surface area contributed by atoms with Crippen molar-refractivity contribution < 1.29 is 21.6 Å². The molecule has 0 aliphatic rings. The summed E-state index contributed by atoms with van der Waals surface area (Å²) in [6, 6.07) is 7.56. The predicted molar refractivity (Wildman–Crippen MR) is 89.2 cm³/mol. The van der Waals surface area contributed by atoms with Gasteiger partial charge in [0, 0.05) is 16.5 Å². The van der Waals surface area contributed by atoms with Crippen molar-refractivity contribution in [3.8, 4) is 5.75 Å². The molecule has 21 heavy (non-hydrogen) atoms. The Labute approximate surface area is 141 Å². The molecular formula is C18H33NNiO. The zero-order valence-electron chi connectivity index (χ0n) is 14.5. The fourth-order valence-corrected chi connectivity index (χ4v) is 2.54. The average molecular weight is 338 g/mol. The first kappa shape index (κ1) is 22.8. The Balaban J connectivity index is 0. The first-order valence-electron chi connectivity index (χ1n) is 7.62. The molecule has 3 heteroatoms. The molecule has 0 aromatic heterocycles. The van der Waals surface area contributed by atoms with Gasteiger partial charge < -0.3 is 10.8 Å². The molecule has 3 N–H and O–H groups in total. The van der Waals surface area contributed by atoms with Crippen molar-refractivity contribution in [2.75, 3.05) is 6.54 Å². The molecule has 126 valence electrons. The Morgan fingerprint density at radius 1 is 1.00 bits per heavy atom. The van der Waals surface area contributed by atoms with E-state index in [1.165, 1.54) is 18.4 Å². The fraction of sp³-hybridized carbons (Fsp3) is 0.667. The SMILES string of the molecule is CC(C)(C)CC(C)(C)c1ccc(O)cc1.CCCCN.[Ni]. The minimum absolute atomic E-state index is 0. The normalized spacial score (nSPS) is 11.2. The van der Waals surface area contributed by atoms with Crippen molar-refractivity contribution in [1.82, 2.24) is 0 Å². The molecule has 1 aromatic carbocycles. The van der Waals surface area contributed by atoms with Crippen LogP contribution in [-0.4, -0.2) is 11.7 Å². The van der Waals surface area contributed by atoms with Crippen LogP contribution in [-0.2, 0) is 21.9 Å². The Bertz CT molecular complexity index is 364. The van der Waals surface area contributed by atoms with Gasteiger partial charge >= 0.3 is 0 Å². The quantitative estimate of drug-likeness (QED) is 0.771. The van der Waals surface area contributed by atoms with Gasteiger partial charge in [-0.2, -0.15) is 0 Å². The molecule has 0 atom stereocenters. The van der Waals surface area contributed by atoms with Gasteiger partial charge in [0.05, 0.1) is 0 Å². The molecule has 0 saturated heterocycles. The van der Waals surface area contributed by atoms with Gasteiger partial charge in [-0.1, -0.05) is 60.1 Å². The maximum absolute atomic E-state index is 9.25. The second kappa shape index (κ2) is 10.2. The third-order valence-electron chi connectivity index (χ3n) is 3.18. The summed E-state index contributed by atoms with van der Waals surface area (Å²) < 4.78 is 0. The Morgan fingerprint density at radius 3 is 1.76 bits per heavy atom. The van der Waals surface area contributed by atoms with Gasteiger partial charge in [0.25, 0.3) is 0 Å². The van der Waals surface area contributed by atoms with Crippen molar-refractivity contribution in [2.24, 2.45) is 11.1 Å². The zero-order chi connectivity index (χ0) is 15.8. The van der Waals surface area contributed by atoms with Gasteiger partial charge in [0.15, 0.2) is 0 Å². The molecule has 0 radical (unpaired) electrons. The van der Waals surface area contributed by atoms with E-state index in [2.05, 4.69) is 41.5 Å². The summed E-state index contributed by atoms with van der Waals surface area (Å²) in [5, 5.41) is 9.25. The molecule has 1 aromatic rings. The summed E-state index contributed by atoms with van der Waals surface area (Å²) in [4.78, 5) is 0. The van der Waals surface area contributed by atoms with Crippen molar-refractivity contribution >= 4 is 0 Å². The molecule has 0 aliphatic carbocycles. The average Bonchev–Trinajstić information content (AvgIpc) is 2.28. The minimum atomic E-state index is 0. The standard InChI is InChI=1S/C14H22O.C4H11N.Ni/c1-13(2,3)10-14(4,5)11-6-8-12(15)9-7-11;1-2-3-4-5;/h6-9,15H,10H2,1-5H3;2-5H2,1H3;. The van der Waals surface area contributed by atoms with E-state index in [1.54, 1.807) is 12.1 Å². The third-order valence-corrected chi connectivity index (χ3v) is 3.18. The van der Waals surface area contributed by atoms with Crippen LogP contribution >= 0.6 is 0 Å². The van der Waals surface area contributed by atoms with Crippen molar-refractivity contribution in [2.45, 2.75) is 66.2 Å². The Morgan fingerprint density at radius 2 is 1.48 bits per heavy atom. The van der Waals surface area contributed by atoms with E-state index in [0.717, 1.165) is 13.0 Å². The predicted octanol–water partition coefficient (Wildman–Crippen LogP) is 4.85. The van der Waals surface area contributed by atoms with Gasteiger partial charge in [0.1, 0.15) is 5.75 Å². The van der Waals surface area contributed by atoms with Gasteiger partial charge in [-0.15, -0.1) is 0 Å². The van der Waals surface area contributed by atoms with Crippen molar-refractivity contribution in [3.63, 3.8) is 0 Å². The van der Waals surface area contributed by atoms with Crippen molar-refractivity contribution in [3.05, 3.63) is 29.8 Å². The van der Waals surface area contributed by atoms with Crippen LogP contribution in [0.2, 0.25) is 0 Å². The van der Waals surface area contributed by atoms with E-state index < -0.39 is 0 Å². The smallest absolute Gasteiger partial charge is 0.115 e. The number of unbranched alkanes of at least 4 members (excludes halogenated alkanes) is 1. The Hall–Kier alpha value is -0.526. The molecule has 0 aliphatic heterocycles. The molecular weight excluding hydrogens is 305 g/mol. The zero-order valence-corrected chi connectivity index (χ0v) is 15.5. The topological polar surface area (TPSA) is 46.2 Å². The van der Waals surface area contributed by atoms with Crippen LogP contribution in [0.5, 0.6) is 5.75 Å². The number of hydrogen-bond donors (Lipinski definition) is 2. The van der Waals surface area contributed by atoms with Crippen molar-refractivity contribution in [1.29, 1.82) is 0 Å². The van der Waals surface area contributed by atoms with Crippen LogP contribution in [0.15, 0.2) is 24.3 Å². The van der Waals surface area contributed by atoms with Crippen LogP contribution < -0.4 is 5.73 Å². The number of aromatic hydroxyl groups is 1. The second-order valence-electron chi connectivity index (χ2n) is 7.31. The molecule has 2 nitrogen and oxygen atoms in total. The Kier molecular flexibility index (Phi) is 11.1. The van der Waals surface area contributed by atoms with Gasteiger partial charge in [0.2, 0.25) is 0 Å². The van der Waals surface area contributed by atoms with E-state index in [1.807, 2.05) is 12.1 Å². The molecule has 0 fully saturated rings. The van der Waals surface area contributed by atoms with E-state index in [9.17, 15) is 5.11 Å². The minimum Gasteiger partial charge on any atom is -0.508 e. The van der Waals surface area contributed by atoms with Crippen LogP contribution in [0.4, 0.5) is 0 Å². The number of phenols is 1. The first-order valence-corrected chi connectivity index (χ1v) is 7.62. The van der Waals surface area contributed by atoms with Gasteiger partial charge in [-0.05, 0) is 47.9 Å². The van der Waals surface area contributed by atoms with E-state index >= 15 is 0 Å². The second-order valence-corrected chi connectivity index (χ2v) is 7.31. The molecule has 0 heterocycles. The van der Waals surface area contributed by atoms with E-state index in [-0.39, 0.29) is 21.9 Å². The summed E-state index contributed by atoms with van der Waals surface area (Å²) in [6.45, 7) is 14.3. The number of phenolic OH excluding ortho intramolecular Hbond substituents is 1. The monoisotopic (exact) mass is 337 g/mol. The van der Waals surface area contributed by atoms with E-state index in [4.69, 9.17) is 5.73 Å². The third kappa shape index (κ3) is 10.8. The number of hydrogen-bond acceptors (Lipinski definition) is 2. The number of nitrogens with two attached hydrogens (primary N) is 1.